The van der Waals surface area contributed by atoms with Crippen LogP contribution in [0.1, 0.15) is 17.3 Å². The molecule has 1 aromatic heterocycles. The van der Waals surface area contributed by atoms with E-state index >= 15 is 0 Å². The lowest BCUT2D eigenvalue weighted by atomic mass is 10.2. The average molecular weight is 327 g/mol. The smallest absolute Gasteiger partial charge is 0.343 e. The van der Waals surface area contributed by atoms with Crippen molar-refractivity contribution in [3.05, 3.63) is 46.1 Å². The van der Waals surface area contributed by atoms with Gasteiger partial charge in [0.15, 0.2) is 0 Å². The molecule has 0 fully saturated rings. The molecule has 110 valence electrons. The van der Waals surface area contributed by atoms with Crippen LogP contribution in [0.5, 0.6) is 11.6 Å². The summed E-state index contributed by atoms with van der Waals surface area (Å²) in [7, 11) is 0. The number of nitrogen functional groups attached to an aromatic ring is 1. The van der Waals surface area contributed by atoms with Gasteiger partial charge < -0.3 is 15.2 Å². The van der Waals surface area contributed by atoms with Gasteiger partial charge in [-0.05, 0) is 25.1 Å². The van der Waals surface area contributed by atoms with Crippen LogP contribution >= 0.6 is 23.2 Å². The highest BCUT2D eigenvalue weighted by Crippen LogP contribution is 2.35. The van der Waals surface area contributed by atoms with Crippen LogP contribution in [0.4, 0.5) is 5.69 Å². The zero-order valence-corrected chi connectivity index (χ0v) is 12.6. The number of pyridine rings is 1. The van der Waals surface area contributed by atoms with E-state index in [0.29, 0.717) is 10.7 Å². The predicted molar refractivity (Wildman–Crippen MR) is 81.1 cm³/mol. The number of aromatic nitrogens is 1. The fourth-order valence-electron chi connectivity index (χ4n) is 1.57. The number of nitrogens with zero attached hydrogens (tertiary/aromatic N) is 1. The highest BCUT2D eigenvalue weighted by molar-refractivity contribution is 6.42. The number of ether oxygens (including phenoxy) is 2. The summed E-state index contributed by atoms with van der Waals surface area (Å²) >= 11 is 12.0. The van der Waals surface area contributed by atoms with Crippen molar-refractivity contribution in [2.24, 2.45) is 0 Å². The molecule has 0 atom stereocenters. The van der Waals surface area contributed by atoms with Crippen LogP contribution in [0.25, 0.3) is 0 Å². The Hall–Kier alpha value is -1.98. The Kier molecular flexibility index (Phi) is 4.88. The summed E-state index contributed by atoms with van der Waals surface area (Å²) in [6.45, 7) is 1.93. The monoisotopic (exact) mass is 326 g/mol. The Balaban J connectivity index is 2.40. The second-order valence-electron chi connectivity index (χ2n) is 4.00. The first-order chi connectivity index (χ1) is 10.0. The molecular formula is C14H12Cl2N2O3. The van der Waals surface area contributed by atoms with Gasteiger partial charge in [0, 0.05) is 0 Å². The van der Waals surface area contributed by atoms with Crippen LogP contribution in [0, 0.1) is 0 Å². The molecule has 7 heteroatoms. The van der Waals surface area contributed by atoms with Crippen LogP contribution < -0.4 is 10.5 Å². The first-order valence-electron chi connectivity index (χ1n) is 6.07. The van der Waals surface area contributed by atoms with Gasteiger partial charge in [-0.2, -0.15) is 0 Å². The molecule has 0 amide bonds. The number of rotatable bonds is 4. The van der Waals surface area contributed by atoms with E-state index < -0.39 is 5.97 Å². The van der Waals surface area contributed by atoms with Crippen molar-refractivity contribution in [3.63, 3.8) is 0 Å². The number of nitrogens with two attached hydrogens (primary N) is 1. The van der Waals surface area contributed by atoms with Crippen LogP contribution in [0.15, 0.2) is 30.5 Å². The van der Waals surface area contributed by atoms with E-state index in [1.54, 1.807) is 25.1 Å². The quantitative estimate of drug-likeness (QED) is 0.861. The van der Waals surface area contributed by atoms with E-state index in [0.717, 1.165) is 0 Å². The molecule has 0 spiro atoms. The van der Waals surface area contributed by atoms with Gasteiger partial charge in [-0.25, -0.2) is 9.78 Å². The molecule has 0 saturated heterocycles. The third kappa shape index (κ3) is 3.56. The van der Waals surface area contributed by atoms with E-state index in [2.05, 4.69) is 4.98 Å². The molecule has 0 radical (unpaired) electrons. The van der Waals surface area contributed by atoms with Crippen LogP contribution in [0.3, 0.4) is 0 Å². The van der Waals surface area contributed by atoms with E-state index in [-0.39, 0.29) is 28.8 Å². The summed E-state index contributed by atoms with van der Waals surface area (Å²) in [4.78, 5) is 15.9. The predicted octanol–water partition coefficient (Wildman–Crippen LogP) is 3.94. The fourth-order valence-corrected chi connectivity index (χ4v) is 1.90. The molecule has 1 heterocycles. The largest absolute Gasteiger partial charge is 0.462 e. The summed E-state index contributed by atoms with van der Waals surface area (Å²) in [5, 5.41) is 0.565. The van der Waals surface area contributed by atoms with E-state index in [9.17, 15) is 4.79 Å². The number of carbonyl (C=O) groups excluding carboxylic acids is 1. The Morgan fingerprint density at radius 3 is 2.86 bits per heavy atom. The lowest BCUT2D eigenvalue weighted by Crippen LogP contribution is -2.08. The number of anilines is 1. The van der Waals surface area contributed by atoms with Crippen molar-refractivity contribution in [2.75, 3.05) is 12.3 Å². The zero-order valence-electron chi connectivity index (χ0n) is 11.1. The minimum atomic E-state index is -0.578. The number of hydrogen-bond donors (Lipinski definition) is 1. The Morgan fingerprint density at radius 1 is 1.38 bits per heavy atom. The maximum Gasteiger partial charge on any atom is 0.343 e. The third-order valence-electron chi connectivity index (χ3n) is 2.49. The molecule has 0 aliphatic rings. The second-order valence-corrected chi connectivity index (χ2v) is 4.78. The standard InChI is InChI=1S/C14H12Cl2N2O3/c1-2-20-14(19)9-6-8(17)7-18-13(9)21-11-5-3-4-10(15)12(11)16/h3-7H,2,17H2,1H3. The molecule has 5 nitrogen and oxygen atoms in total. The van der Waals surface area contributed by atoms with Gasteiger partial charge in [0.2, 0.25) is 5.88 Å². The highest BCUT2D eigenvalue weighted by Gasteiger charge is 2.18. The van der Waals surface area contributed by atoms with Crippen molar-refractivity contribution in [1.82, 2.24) is 4.98 Å². The van der Waals surface area contributed by atoms with Gasteiger partial charge in [0.05, 0.1) is 23.5 Å². The molecule has 0 saturated carbocycles. The normalized spacial score (nSPS) is 10.2. The lowest BCUT2D eigenvalue weighted by molar-refractivity contribution is 0.0523. The number of esters is 1. The minimum Gasteiger partial charge on any atom is -0.462 e. The van der Waals surface area contributed by atoms with Gasteiger partial charge >= 0.3 is 5.97 Å². The van der Waals surface area contributed by atoms with Crippen LogP contribution in [-0.4, -0.2) is 17.6 Å². The molecule has 0 aliphatic carbocycles. The molecule has 2 N–H and O–H groups in total. The summed E-state index contributed by atoms with van der Waals surface area (Å²) in [6.07, 6.45) is 1.37. The maximum atomic E-state index is 11.9. The van der Waals surface area contributed by atoms with Crippen LogP contribution in [0.2, 0.25) is 10.0 Å². The Labute approximate surface area is 131 Å². The topological polar surface area (TPSA) is 74.4 Å². The first-order valence-corrected chi connectivity index (χ1v) is 6.83. The van der Waals surface area contributed by atoms with E-state index in [1.807, 2.05) is 0 Å². The van der Waals surface area contributed by atoms with Gasteiger partial charge in [-0.1, -0.05) is 29.3 Å². The summed E-state index contributed by atoms with van der Waals surface area (Å²) in [5.74, 6) is -0.246. The molecule has 0 unspecified atom stereocenters. The van der Waals surface area contributed by atoms with E-state index in [4.69, 9.17) is 38.4 Å². The van der Waals surface area contributed by atoms with Crippen molar-refractivity contribution >= 4 is 34.9 Å². The third-order valence-corrected chi connectivity index (χ3v) is 3.29. The van der Waals surface area contributed by atoms with Crippen molar-refractivity contribution in [3.8, 4) is 11.6 Å². The van der Waals surface area contributed by atoms with E-state index in [1.165, 1.54) is 12.3 Å². The summed E-state index contributed by atoms with van der Waals surface area (Å²) in [6, 6.07) is 6.34. The fraction of sp³-hybridized carbons (Fsp3) is 0.143. The molecule has 2 rings (SSSR count). The van der Waals surface area contributed by atoms with Gasteiger partial charge in [-0.15, -0.1) is 0 Å². The van der Waals surface area contributed by atoms with Crippen LogP contribution in [-0.2, 0) is 4.74 Å². The molecule has 0 bridgehead atoms. The molecule has 21 heavy (non-hydrogen) atoms. The number of benzene rings is 1. The zero-order chi connectivity index (χ0) is 15.4. The average Bonchev–Trinajstić information content (AvgIpc) is 2.46. The highest BCUT2D eigenvalue weighted by atomic mass is 35.5. The van der Waals surface area contributed by atoms with Gasteiger partial charge in [-0.3, -0.25) is 0 Å². The number of hydrogen-bond acceptors (Lipinski definition) is 5. The molecular weight excluding hydrogens is 315 g/mol. The van der Waals surface area contributed by atoms with Crippen molar-refractivity contribution in [1.29, 1.82) is 0 Å². The van der Waals surface area contributed by atoms with Crippen molar-refractivity contribution < 1.29 is 14.3 Å². The Bertz CT molecular complexity index is 677. The molecule has 0 aliphatic heterocycles. The Morgan fingerprint density at radius 2 is 2.14 bits per heavy atom. The molecule has 2 aromatic rings. The maximum absolute atomic E-state index is 11.9. The number of carbonyl (C=O) groups is 1. The summed E-state index contributed by atoms with van der Waals surface area (Å²) < 4.78 is 10.5. The second kappa shape index (κ2) is 6.65. The summed E-state index contributed by atoms with van der Waals surface area (Å²) in [5.41, 5.74) is 6.08. The van der Waals surface area contributed by atoms with Gasteiger partial charge in [0.25, 0.3) is 0 Å². The van der Waals surface area contributed by atoms with Crippen molar-refractivity contribution in [2.45, 2.75) is 6.92 Å². The number of halogens is 2. The SMILES string of the molecule is CCOC(=O)c1cc(N)cnc1Oc1cccc(Cl)c1Cl. The first kappa shape index (κ1) is 15.4. The minimum absolute atomic E-state index is 0.0480. The lowest BCUT2D eigenvalue weighted by Gasteiger charge is -2.11. The molecule has 1 aromatic carbocycles. The van der Waals surface area contributed by atoms with Gasteiger partial charge in [0.1, 0.15) is 16.3 Å².